The van der Waals surface area contributed by atoms with Crippen molar-refractivity contribution in [2.75, 3.05) is 18.4 Å². The number of benzene rings is 2. The van der Waals surface area contributed by atoms with Crippen molar-refractivity contribution in [1.82, 2.24) is 5.32 Å². The van der Waals surface area contributed by atoms with E-state index in [-0.39, 0.29) is 5.56 Å². The van der Waals surface area contributed by atoms with E-state index in [9.17, 15) is 18.0 Å². The maximum absolute atomic E-state index is 12.6. The maximum atomic E-state index is 12.6. The number of amidine groups is 1. The van der Waals surface area contributed by atoms with Gasteiger partial charge < -0.3 is 10.6 Å². The van der Waals surface area contributed by atoms with Gasteiger partial charge in [-0.2, -0.15) is 13.2 Å². The lowest BCUT2D eigenvalue weighted by atomic mass is 10.1. The number of aliphatic imine (C=N–C) groups is 1. The number of halogens is 3. The zero-order chi connectivity index (χ0) is 17.9. The predicted molar refractivity (Wildman–Crippen MR) is 89.9 cm³/mol. The van der Waals surface area contributed by atoms with Crippen molar-refractivity contribution in [2.45, 2.75) is 12.6 Å². The Kier molecular flexibility index (Phi) is 4.74. The van der Waals surface area contributed by atoms with Gasteiger partial charge in [-0.25, -0.2) is 0 Å². The van der Waals surface area contributed by atoms with Gasteiger partial charge in [0.2, 0.25) is 0 Å². The van der Waals surface area contributed by atoms with Gasteiger partial charge in [-0.15, -0.1) is 0 Å². The highest BCUT2D eigenvalue weighted by Gasteiger charge is 2.30. The summed E-state index contributed by atoms with van der Waals surface area (Å²) in [6.07, 6.45) is -3.48. The molecule has 0 saturated heterocycles. The number of anilines is 1. The molecule has 4 nitrogen and oxygen atoms in total. The molecule has 0 aromatic heterocycles. The Morgan fingerprint density at radius 2 is 1.80 bits per heavy atom. The Labute approximate surface area is 142 Å². The zero-order valence-electron chi connectivity index (χ0n) is 13.2. The number of amides is 1. The highest BCUT2D eigenvalue weighted by molar-refractivity contribution is 6.10. The van der Waals surface area contributed by atoms with Crippen molar-refractivity contribution in [2.24, 2.45) is 4.99 Å². The Bertz CT molecular complexity index is 798. The van der Waals surface area contributed by atoms with E-state index in [1.165, 1.54) is 0 Å². The fourth-order valence-corrected chi connectivity index (χ4v) is 2.52. The largest absolute Gasteiger partial charge is 0.416 e. The van der Waals surface area contributed by atoms with Crippen LogP contribution >= 0.6 is 0 Å². The first kappa shape index (κ1) is 17.0. The van der Waals surface area contributed by atoms with E-state index in [1.54, 1.807) is 12.1 Å². The molecule has 0 spiro atoms. The molecule has 1 aliphatic rings. The molecule has 0 radical (unpaired) electrons. The van der Waals surface area contributed by atoms with Crippen LogP contribution in [0.2, 0.25) is 0 Å². The van der Waals surface area contributed by atoms with Crippen LogP contribution in [0, 0.1) is 0 Å². The van der Waals surface area contributed by atoms with E-state index in [0.717, 1.165) is 42.8 Å². The Morgan fingerprint density at radius 3 is 2.44 bits per heavy atom. The third-order valence-corrected chi connectivity index (χ3v) is 3.80. The fourth-order valence-electron chi connectivity index (χ4n) is 2.52. The van der Waals surface area contributed by atoms with Crippen molar-refractivity contribution in [1.29, 1.82) is 0 Å². The highest BCUT2D eigenvalue weighted by Crippen LogP contribution is 2.29. The number of para-hydroxylation sites is 1. The summed E-state index contributed by atoms with van der Waals surface area (Å²) in [4.78, 5) is 16.8. The average Bonchev–Trinajstić information content (AvgIpc) is 2.62. The highest BCUT2D eigenvalue weighted by atomic mass is 19.4. The smallest absolute Gasteiger partial charge is 0.370 e. The molecule has 1 aliphatic heterocycles. The summed E-state index contributed by atoms with van der Waals surface area (Å²) in [6, 6.07) is 11.3. The number of hydrogen-bond donors (Lipinski definition) is 2. The number of nitrogens with zero attached hydrogens (tertiary/aromatic N) is 1. The van der Waals surface area contributed by atoms with E-state index >= 15 is 0 Å². The normalized spacial score (nSPS) is 14.4. The minimum Gasteiger partial charge on any atom is -0.370 e. The maximum Gasteiger partial charge on any atom is 0.416 e. The van der Waals surface area contributed by atoms with Gasteiger partial charge in [-0.05, 0) is 42.8 Å². The van der Waals surface area contributed by atoms with Crippen molar-refractivity contribution < 1.29 is 18.0 Å². The third kappa shape index (κ3) is 3.99. The molecule has 2 N–H and O–H groups in total. The molecular weight excluding hydrogens is 331 g/mol. The minimum absolute atomic E-state index is 0.154. The summed E-state index contributed by atoms with van der Waals surface area (Å²) in [6.45, 7) is 1.52. The number of alkyl halides is 3. The number of rotatable bonds is 3. The second kappa shape index (κ2) is 6.96. The lowest BCUT2D eigenvalue weighted by molar-refractivity contribution is -0.137. The van der Waals surface area contributed by atoms with Crippen LogP contribution in [0.3, 0.4) is 0 Å². The molecule has 2 aromatic rings. The van der Waals surface area contributed by atoms with Crippen molar-refractivity contribution in [3.63, 3.8) is 0 Å². The van der Waals surface area contributed by atoms with Crippen LogP contribution in [-0.2, 0) is 6.18 Å². The van der Waals surface area contributed by atoms with E-state index in [4.69, 9.17) is 0 Å². The molecule has 0 saturated carbocycles. The molecule has 7 heteroatoms. The summed E-state index contributed by atoms with van der Waals surface area (Å²) in [5.41, 5.74) is 0.676. The number of carbonyl (C=O) groups excluding carboxylic acids is 1. The van der Waals surface area contributed by atoms with Crippen molar-refractivity contribution in [3.05, 3.63) is 65.2 Å². The first-order valence-electron chi connectivity index (χ1n) is 7.81. The van der Waals surface area contributed by atoms with Crippen molar-refractivity contribution in [3.8, 4) is 0 Å². The van der Waals surface area contributed by atoms with E-state index in [2.05, 4.69) is 15.6 Å². The second-order valence-electron chi connectivity index (χ2n) is 5.59. The van der Waals surface area contributed by atoms with Gasteiger partial charge in [-0.1, -0.05) is 12.1 Å². The Hall–Kier alpha value is -2.83. The summed E-state index contributed by atoms with van der Waals surface area (Å²) in [5, 5.41) is 5.93. The molecule has 1 heterocycles. The van der Waals surface area contributed by atoms with Gasteiger partial charge in [0.05, 0.1) is 11.3 Å². The summed E-state index contributed by atoms with van der Waals surface area (Å²) < 4.78 is 37.8. The van der Waals surface area contributed by atoms with E-state index in [1.807, 2.05) is 12.1 Å². The van der Waals surface area contributed by atoms with Crippen LogP contribution in [0.1, 0.15) is 27.9 Å². The Morgan fingerprint density at radius 1 is 1.08 bits per heavy atom. The lowest BCUT2D eigenvalue weighted by Gasteiger charge is -2.18. The molecule has 0 atom stereocenters. The first-order valence-corrected chi connectivity index (χ1v) is 7.81. The summed E-state index contributed by atoms with van der Waals surface area (Å²) >= 11 is 0. The van der Waals surface area contributed by atoms with E-state index < -0.39 is 17.6 Å². The Balaban J connectivity index is 1.81. The molecular formula is C18H16F3N3O. The van der Waals surface area contributed by atoms with Gasteiger partial charge in [0.1, 0.15) is 5.84 Å². The summed E-state index contributed by atoms with van der Waals surface area (Å²) in [5.74, 6) is 0.229. The molecule has 25 heavy (non-hydrogen) atoms. The van der Waals surface area contributed by atoms with Crippen LogP contribution in [0.15, 0.2) is 53.5 Å². The molecule has 1 amide bonds. The standard InChI is InChI=1S/C18H16F3N3O/c19-18(20,21)13-8-6-12(7-9-13)17(25)24-15-5-2-1-4-14(15)16-22-10-3-11-23-16/h1-2,4-9H,3,10-11H2,(H,22,23)(H,24,25). The van der Waals surface area contributed by atoms with Gasteiger partial charge in [0.25, 0.3) is 5.91 Å². The van der Waals surface area contributed by atoms with Crippen LogP contribution in [-0.4, -0.2) is 24.8 Å². The van der Waals surface area contributed by atoms with Crippen LogP contribution in [0.4, 0.5) is 18.9 Å². The second-order valence-corrected chi connectivity index (χ2v) is 5.59. The predicted octanol–water partition coefficient (Wildman–Crippen LogP) is 3.70. The van der Waals surface area contributed by atoms with Crippen LogP contribution in [0.25, 0.3) is 0 Å². The lowest BCUT2D eigenvalue weighted by Crippen LogP contribution is -2.31. The molecule has 3 rings (SSSR count). The molecule has 0 aliphatic carbocycles. The number of hydrogen-bond acceptors (Lipinski definition) is 3. The van der Waals surface area contributed by atoms with Crippen LogP contribution < -0.4 is 10.6 Å². The van der Waals surface area contributed by atoms with Gasteiger partial charge >= 0.3 is 6.18 Å². The monoisotopic (exact) mass is 347 g/mol. The third-order valence-electron chi connectivity index (χ3n) is 3.80. The topological polar surface area (TPSA) is 53.5 Å². The fraction of sp³-hybridized carbons (Fsp3) is 0.222. The molecule has 0 bridgehead atoms. The van der Waals surface area contributed by atoms with E-state index in [0.29, 0.717) is 18.1 Å². The number of nitrogens with one attached hydrogen (secondary N) is 2. The SMILES string of the molecule is O=C(Nc1ccccc1C1=NCCCN1)c1ccc(C(F)(F)F)cc1. The minimum atomic E-state index is -4.42. The van der Waals surface area contributed by atoms with Crippen molar-refractivity contribution >= 4 is 17.4 Å². The van der Waals surface area contributed by atoms with Gasteiger partial charge in [0.15, 0.2) is 0 Å². The quantitative estimate of drug-likeness (QED) is 0.890. The molecule has 0 unspecified atom stereocenters. The molecule has 2 aromatic carbocycles. The average molecular weight is 347 g/mol. The van der Waals surface area contributed by atoms with Gasteiger partial charge in [-0.3, -0.25) is 9.79 Å². The van der Waals surface area contributed by atoms with Gasteiger partial charge in [0, 0.05) is 24.2 Å². The first-order chi connectivity index (χ1) is 11.9. The van der Waals surface area contributed by atoms with Crippen LogP contribution in [0.5, 0.6) is 0 Å². The number of carbonyl (C=O) groups is 1. The zero-order valence-corrected chi connectivity index (χ0v) is 13.2. The molecule has 0 fully saturated rings. The molecule has 130 valence electrons. The summed E-state index contributed by atoms with van der Waals surface area (Å²) in [7, 11) is 0.